The lowest BCUT2D eigenvalue weighted by Crippen LogP contribution is -2.30. The lowest BCUT2D eigenvalue weighted by molar-refractivity contribution is 0.258. The van der Waals surface area contributed by atoms with Crippen LogP contribution in [0.5, 0.6) is 0 Å². The molecule has 2 heterocycles. The molecule has 0 amide bonds. The van der Waals surface area contributed by atoms with Gasteiger partial charge in [-0.25, -0.2) is 0 Å². The van der Waals surface area contributed by atoms with Crippen LogP contribution in [-0.4, -0.2) is 27.9 Å². The summed E-state index contributed by atoms with van der Waals surface area (Å²) in [6, 6.07) is 11.0. The Morgan fingerprint density at radius 3 is 2.42 bits per heavy atom. The van der Waals surface area contributed by atoms with Crippen LogP contribution >= 0.6 is 0 Å². The average molecular weight is 256 g/mol. The fourth-order valence-electron chi connectivity index (χ4n) is 1.54. The molecular formula is C13H16N6. The first-order chi connectivity index (χ1) is 9.18. The third kappa shape index (κ3) is 3.26. The third-order valence-electron chi connectivity index (χ3n) is 2.59. The summed E-state index contributed by atoms with van der Waals surface area (Å²) >= 11 is 0. The fourth-order valence-corrected chi connectivity index (χ4v) is 1.54. The standard InChI is InChI=1S/C13H16N6/c1-19(13(15)11-7-3-5-9-17-11)18-12(14)10-6-2-4-8-16-10/h2-9,13H,15H2,1H3,(H2,14,18). The van der Waals surface area contributed by atoms with Crippen LogP contribution in [0, 0.1) is 0 Å². The molecule has 0 aliphatic rings. The number of hydrogen-bond acceptors (Lipinski definition) is 5. The van der Waals surface area contributed by atoms with Crippen molar-refractivity contribution >= 4 is 5.84 Å². The highest BCUT2D eigenvalue weighted by Gasteiger charge is 2.12. The minimum absolute atomic E-state index is 0.314. The first-order valence-electron chi connectivity index (χ1n) is 5.83. The zero-order chi connectivity index (χ0) is 13.7. The van der Waals surface area contributed by atoms with Crippen LogP contribution in [0.15, 0.2) is 53.9 Å². The van der Waals surface area contributed by atoms with Crippen molar-refractivity contribution in [1.29, 1.82) is 0 Å². The molecule has 6 heteroatoms. The van der Waals surface area contributed by atoms with Gasteiger partial charge in [0.25, 0.3) is 0 Å². The van der Waals surface area contributed by atoms with E-state index in [0.717, 1.165) is 5.69 Å². The first kappa shape index (κ1) is 13.0. The first-order valence-corrected chi connectivity index (χ1v) is 5.83. The Hall–Kier alpha value is -2.47. The summed E-state index contributed by atoms with van der Waals surface area (Å²) in [5, 5.41) is 5.79. The molecule has 0 fully saturated rings. The van der Waals surface area contributed by atoms with Crippen molar-refractivity contribution < 1.29 is 0 Å². The molecule has 2 aromatic heterocycles. The predicted octanol–water partition coefficient (Wildman–Crippen LogP) is 0.686. The lowest BCUT2D eigenvalue weighted by atomic mass is 10.3. The number of nitrogens with two attached hydrogens (primary N) is 2. The second kappa shape index (κ2) is 5.92. The normalized spacial score (nSPS) is 13.1. The van der Waals surface area contributed by atoms with E-state index in [1.165, 1.54) is 0 Å². The maximum absolute atomic E-state index is 6.05. The Bertz CT molecular complexity index is 540. The van der Waals surface area contributed by atoms with Gasteiger partial charge in [0, 0.05) is 19.4 Å². The highest BCUT2D eigenvalue weighted by atomic mass is 15.5. The van der Waals surface area contributed by atoms with Crippen LogP contribution in [0.2, 0.25) is 0 Å². The number of pyridine rings is 2. The second-order valence-corrected chi connectivity index (χ2v) is 3.97. The summed E-state index contributed by atoms with van der Waals surface area (Å²) in [7, 11) is 1.75. The Labute approximate surface area is 111 Å². The smallest absolute Gasteiger partial charge is 0.169 e. The van der Waals surface area contributed by atoms with Gasteiger partial charge in [-0.15, -0.1) is 0 Å². The minimum Gasteiger partial charge on any atom is -0.380 e. The summed E-state index contributed by atoms with van der Waals surface area (Å²) in [6.45, 7) is 0. The molecule has 6 nitrogen and oxygen atoms in total. The van der Waals surface area contributed by atoms with E-state index in [4.69, 9.17) is 11.5 Å². The van der Waals surface area contributed by atoms with E-state index in [2.05, 4.69) is 15.1 Å². The molecule has 0 radical (unpaired) electrons. The zero-order valence-electron chi connectivity index (χ0n) is 10.6. The van der Waals surface area contributed by atoms with Gasteiger partial charge in [0.15, 0.2) is 5.84 Å². The van der Waals surface area contributed by atoms with Crippen molar-refractivity contribution in [2.45, 2.75) is 6.17 Å². The zero-order valence-corrected chi connectivity index (χ0v) is 10.6. The van der Waals surface area contributed by atoms with Crippen LogP contribution in [0.25, 0.3) is 0 Å². The van der Waals surface area contributed by atoms with Gasteiger partial charge in [0.2, 0.25) is 0 Å². The van der Waals surface area contributed by atoms with Gasteiger partial charge in [-0.05, 0) is 24.3 Å². The molecule has 0 spiro atoms. The molecular weight excluding hydrogens is 240 g/mol. The molecule has 1 atom stereocenters. The molecule has 98 valence electrons. The van der Waals surface area contributed by atoms with E-state index in [0.29, 0.717) is 11.5 Å². The number of nitrogens with zero attached hydrogens (tertiary/aromatic N) is 4. The van der Waals surface area contributed by atoms with Gasteiger partial charge in [0.1, 0.15) is 11.9 Å². The molecule has 0 aliphatic heterocycles. The van der Waals surface area contributed by atoms with E-state index < -0.39 is 6.17 Å². The van der Waals surface area contributed by atoms with Crippen LogP contribution in [-0.2, 0) is 0 Å². The largest absolute Gasteiger partial charge is 0.380 e. The molecule has 0 aliphatic carbocycles. The van der Waals surface area contributed by atoms with Crippen molar-refractivity contribution in [1.82, 2.24) is 15.0 Å². The van der Waals surface area contributed by atoms with E-state index in [1.54, 1.807) is 30.5 Å². The SMILES string of the molecule is CN(/N=C(\N)c1ccccn1)C(N)c1ccccn1. The van der Waals surface area contributed by atoms with E-state index >= 15 is 0 Å². The van der Waals surface area contributed by atoms with E-state index in [1.807, 2.05) is 30.3 Å². The van der Waals surface area contributed by atoms with Crippen LogP contribution in [0.3, 0.4) is 0 Å². The van der Waals surface area contributed by atoms with E-state index in [9.17, 15) is 0 Å². The summed E-state index contributed by atoms with van der Waals surface area (Å²) in [6.07, 6.45) is 2.90. The van der Waals surface area contributed by atoms with Gasteiger partial charge in [0.05, 0.1) is 5.69 Å². The Morgan fingerprint density at radius 1 is 1.16 bits per heavy atom. The molecule has 2 aromatic rings. The van der Waals surface area contributed by atoms with Crippen LogP contribution in [0.1, 0.15) is 17.6 Å². The number of amidine groups is 1. The number of hydrazone groups is 1. The molecule has 0 bridgehead atoms. The Balaban J connectivity index is 2.14. The van der Waals surface area contributed by atoms with Crippen molar-refractivity contribution in [3.63, 3.8) is 0 Å². The summed E-state index contributed by atoms with van der Waals surface area (Å²) in [5.41, 5.74) is 13.3. The maximum Gasteiger partial charge on any atom is 0.169 e. The number of rotatable bonds is 4. The second-order valence-electron chi connectivity index (χ2n) is 3.97. The Kier molecular flexibility index (Phi) is 4.04. The Morgan fingerprint density at radius 2 is 1.84 bits per heavy atom. The maximum atomic E-state index is 6.05. The van der Waals surface area contributed by atoms with Crippen LogP contribution in [0.4, 0.5) is 0 Å². The van der Waals surface area contributed by atoms with Gasteiger partial charge < -0.3 is 11.5 Å². The summed E-state index contributed by atoms with van der Waals surface area (Å²) < 4.78 is 0. The summed E-state index contributed by atoms with van der Waals surface area (Å²) in [5.74, 6) is 0.314. The topological polar surface area (TPSA) is 93.4 Å². The van der Waals surface area contributed by atoms with Gasteiger partial charge in [-0.2, -0.15) is 5.10 Å². The van der Waals surface area contributed by atoms with Crippen molar-refractivity contribution in [2.75, 3.05) is 7.05 Å². The third-order valence-corrected chi connectivity index (χ3v) is 2.59. The monoisotopic (exact) mass is 256 g/mol. The van der Waals surface area contributed by atoms with Gasteiger partial charge in [-0.3, -0.25) is 15.0 Å². The molecule has 19 heavy (non-hydrogen) atoms. The van der Waals surface area contributed by atoms with Crippen molar-refractivity contribution in [3.8, 4) is 0 Å². The summed E-state index contributed by atoms with van der Waals surface area (Å²) in [4.78, 5) is 8.31. The van der Waals surface area contributed by atoms with E-state index in [-0.39, 0.29) is 0 Å². The quantitative estimate of drug-likeness (QED) is 0.363. The molecule has 0 aromatic carbocycles. The highest BCUT2D eigenvalue weighted by Crippen LogP contribution is 2.10. The average Bonchev–Trinajstić information content (AvgIpc) is 2.48. The molecule has 0 saturated carbocycles. The lowest BCUT2D eigenvalue weighted by Gasteiger charge is -2.21. The predicted molar refractivity (Wildman–Crippen MR) is 73.9 cm³/mol. The number of hydrogen-bond donors (Lipinski definition) is 2. The minimum atomic E-state index is -0.455. The van der Waals surface area contributed by atoms with Crippen LogP contribution < -0.4 is 11.5 Å². The van der Waals surface area contributed by atoms with Crippen molar-refractivity contribution in [2.24, 2.45) is 16.6 Å². The number of aromatic nitrogens is 2. The molecule has 2 rings (SSSR count). The highest BCUT2D eigenvalue weighted by molar-refractivity contribution is 5.95. The fraction of sp³-hybridized carbons (Fsp3) is 0.154. The molecule has 0 saturated heterocycles. The van der Waals surface area contributed by atoms with Gasteiger partial charge >= 0.3 is 0 Å². The van der Waals surface area contributed by atoms with Gasteiger partial charge in [-0.1, -0.05) is 12.1 Å². The molecule has 1 unspecified atom stereocenters. The molecule has 4 N–H and O–H groups in total. The van der Waals surface area contributed by atoms with Crippen molar-refractivity contribution in [3.05, 3.63) is 60.2 Å².